The smallest absolute Gasteiger partial charge is 0.112 e. The summed E-state index contributed by atoms with van der Waals surface area (Å²) in [5.41, 5.74) is -0.603. The lowest BCUT2D eigenvalue weighted by Gasteiger charge is -2.33. The zero-order valence-electron chi connectivity index (χ0n) is 11.4. The first-order valence-corrected chi connectivity index (χ1v) is 7.47. The quantitative estimate of drug-likeness (QED) is 0.707. The summed E-state index contributed by atoms with van der Waals surface area (Å²) >= 11 is 0. The predicted molar refractivity (Wildman–Crippen MR) is 69.9 cm³/mol. The van der Waals surface area contributed by atoms with Crippen molar-refractivity contribution < 1.29 is 9.84 Å². The molecule has 0 radical (unpaired) electrons. The third-order valence-electron chi connectivity index (χ3n) is 4.63. The Balaban J connectivity index is 1.80. The van der Waals surface area contributed by atoms with Crippen LogP contribution in [0.5, 0.6) is 0 Å². The molecule has 0 spiro atoms. The van der Waals surface area contributed by atoms with Gasteiger partial charge in [0.05, 0.1) is 24.4 Å². The topological polar surface area (TPSA) is 53.2 Å². The Kier molecular flexibility index (Phi) is 4.64. The summed E-state index contributed by atoms with van der Waals surface area (Å²) in [4.78, 5) is 0. The molecule has 102 valence electrons. The van der Waals surface area contributed by atoms with Gasteiger partial charge in [-0.05, 0) is 25.7 Å². The third-order valence-corrected chi connectivity index (χ3v) is 4.63. The molecular formula is C15H25NO2. The molecule has 2 aliphatic heterocycles. The van der Waals surface area contributed by atoms with Gasteiger partial charge in [0.15, 0.2) is 0 Å². The van der Waals surface area contributed by atoms with Crippen molar-refractivity contribution in [1.82, 2.24) is 0 Å². The second-order valence-electron chi connectivity index (χ2n) is 5.90. The van der Waals surface area contributed by atoms with E-state index in [1.54, 1.807) is 0 Å². The van der Waals surface area contributed by atoms with Crippen molar-refractivity contribution >= 4 is 0 Å². The highest BCUT2D eigenvalue weighted by atomic mass is 16.5. The Labute approximate surface area is 110 Å². The van der Waals surface area contributed by atoms with Crippen LogP contribution in [-0.2, 0) is 4.74 Å². The van der Waals surface area contributed by atoms with Gasteiger partial charge in [-0.2, -0.15) is 5.26 Å². The lowest BCUT2D eigenvalue weighted by Crippen LogP contribution is -2.42. The van der Waals surface area contributed by atoms with E-state index in [-0.39, 0.29) is 12.2 Å². The Hall–Kier alpha value is -0.590. The fourth-order valence-corrected chi connectivity index (χ4v) is 3.48. The van der Waals surface area contributed by atoms with Gasteiger partial charge in [-0.3, -0.25) is 0 Å². The summed E-state index contributed by atoms with van der Waals surface area (Å²) in [6.07, 6.45) is 9.17. The fourth-order valence-electron chi connectivity index (χ4n) is 3.48. The van der Waals surface area contributed by atoms with Gasteiger partial charge < -0.3 is 9.84 Å². The second-order valence-corrected chi connectivity index (χ2v) is 5.90. The summed E-state index contributed by atoms with van der Waals surface area (Å²) < 4.78 is 5.76. The van der Waals surface area contributed by atoms with Crippen LogP contribution < -0.4 is 0 Å². The average molecular weight is 251 g/mol. The highest BCUT2D eigenvalue weighted by Gasteiger charge is 2.56. The molecule has 3 heteroatoms. The molecule has 0 aliphatic carbocycles. The molecule has 2 saturated heterocycles. The van der Waals surface area contributed by atoms with Crippen molar-refractivity contribution in [3.05, 3.63) is 0 Å². The van der Waals surface area contributed by atoms with Crippen molar-refractivity contribution in [3.8, 4) is 6.07 Å². The van der Waals surface area contributed by atoms with E-state index >= 15 is 0 Å². The molecule has 2 heterocycles. The number of aliphatic hydroxyl groups is 1. The van der Waals surface area contributed by atoms with Crippen molar-refractivity contribution in [2.24, 2.45) is 5.41 Å². The van der Waals surface area contributed by atoms with Crippen LogP contribution in [0.25, 0.3) is 0 Å². The number of rotatable bonds is 7. The van der Waals surface area contributed by atoms with E-state index in [1.807, 2.05) is 0 Å². The van der Waals surface area contributed by atoms with Gasteiger partial charge in [0.2, 0.25) is 0 Å². The van der Waals surface area contributed by atoms with Crippen LogP contribution in [0.3, 0.4) is 0 Å². The molecule has 18 heavy (non-hydrogen) atoms. The largest absolute Gasteiger partial charge is 0.391 e. The molecule has 0 aromatic carbocycles. The molecular weight excluding hydrogens is 226 g/mol. The second kappa shape index (κ2) is 6.04. The number of aliphatic hydroxyl groups excluding tert-OH is 1. The van der Waals surface area contributed by atoms with Crippen molar-refractivity contribution in [3.63, 3.8) is 0 Å². The monoisotopic (exact) mass is 251 g/mol. The number of nitrogens with zero attached hydrogens (tertiary/aromatic N) is 1. The number of fused-ring (bicyclic) bond motifs is 2. The Morgan fingerprint density at radius 1 is 1.33 bits per heavy atom. The Bertz CT molecular complexity index is 312. The van der Waals surface area contributed by atoms with Crippen LogP contribution in [0.1, 0.15) is 64.7 Å². The van der Waals surface area contributed by atoms with Crippen LogP contribution in [0.2, 0.25) is 0 Å². The normalized spacial score (nSPS) is 35.6. The minimum absolute atomic E-state index is 0.0156. The summed E-state index contributed by atoms with van der Waals surface area (Å²) in [5.74, 6) is 0. The van der Waals surface area contributed by atoms with E-state index in [1.165, 1.54) is 25.7 Å². The van der Waals surface area contributed by atoms with Gasteiger partial charge in [-0.15, -0.1) is 0 Å². The van der Waals surface area contributed by atoms with E-state index in [4.69, 9.17) is 4.74 Å². The Morgan fingerprint density at radius 2 is 2.11 bits per heavy atom. The summed E-state index contributed by atoms with van der Waals surface area (Å²) in [6, 6.07) is 2.39. The van der Waals surface area contributed by atoms with Gasteiger partial charge in [-0.25, -0.2) is 0 Å². The van der Waals surface area contributed by atoms with Gasteiger partial charge in [0, 0.05) is 0 Å². The van der Waals surface area contributed by atoms with E-state index in [2.05, 4.69) is 13.0 Å². The lowest BCUT2D eigenvalue weighted by atomic mass is 9.70. The lowest BCUT2D eigenvalue weighted by molar-refractivity contribution is -0.000567. The van der Waals surface area contributed by atoms with Crippen LogP contribution in [0.15, 0.2) is 0 Å². The molecule has 1 N–H and O–H groups in total. The van der Waals surface area contributed by atoms with Gasteiger partial charge in [-0.1, -0.05) is 39.0 Å². The molecule has 2 aliphatic rings. The van der Waals surface area contributed by atoms with E-state index in [0.29, 0.717) is 0 Å². The van der Waals surface area contributed by atoms with Crippen molar-refractivity contribution in [1.29, 1.82) is 5.26 Å². The summed E-state index contributed by atoms with van der Waals surface area (Å²) in [5, 5.41) is 19.8. The van der Waals surface area contributed by atoms with Gasteiger partial charge in [0.25, 0.3) is 0 Å². The molecule has 0 aromatic heterocycles. The molecule has 4 atom stereocenters. The van der Waals surface area contributed by atoms with Crippen molar-refractivity contribution in [2.45, 2.75) is 83.0 Å². The molecule has 0 saturated carbocycles. The minimum atomic E-state index is -0.603. The molecule has 3 nitrogen and oxygen atoms in total. The first kappa shape index (κ1) is 13.8. The maximum atomic E-state index is 10.4. The fraction of sp³-hybridized carbons (Fsp3) is 0.933. The molecule has 0 amide bonds. The van der Waals surface area contributed by atoms with Crippen molar-refractivity contribution in [2.75, 3.05) is 0 Å². The minimum Gasteiger partial charge on any atom is -0.391 e. The third kappa shape index (κ3) is 2.55. The molecule has 2 bridgehead atoms. The van der Waals surface area contributed by atoms with Gasteiger partial charge in [0.1, 0.15) is 5.41 Å². The van der Waals surface area contributed by atoms with Crippen LogP contribution in [0.4, 0.5) is 0 Å². The molecule has 4 unspecified atom stereocenters. The van der Waals surface area contributed by atoms with Crippen LogP contribution >= 0.6 is 0 Å². The molecule has 2 fully saturated rings. The number of unbranched alkanes of at least 4 members (excludes halogenated alkanes) is 4. The number of ether oxygens (including phenoxy) is 1. The number of hydrogen-bond acceptors (Lipinski definition) is 3. The molecule has 2 rings (SSSR count). The summed E-state index contributed by atoms with van der Waals surface area (Å²) in [6.45, 7) is 2.20. The van der Waals surface area contributed by atoms with E-state index in [0.717, 1.165) is 32.1 Å². The SMILES string of the molecule is CCCCCCCC(O)C1(C#N)CC2CCC1O2. The zero-order chi connectivity index (χ0) is 13.0. The highest BCUT2D eigenvalue weighted by Crippen LogP contribution is 2.50. The molecule has 0 aromatic rings. The summed E-state index contributed by atoms with van der Waals surface area (Å²) in [7, 11) is 0. The van der Waals surface area contributed by atoms with Gasteiger partial charge >= 0.3 is 0 Å². The average Bonchev–Trinajstić information content (AvgIpc) is 2.98. The maximum Gasteiger partial charge on any atom is 0.112 e. The standard InChI is InChI=1S/C15H25NO2/c1-2-3-4-5-6-7-13(17)15(11-16)10-12-8-9-14(15)18-12/h12-14,17H,2-10H2,1H3. The highest BCUT2D eigenvalue weighted by molar-refractivity contribution is 5.15. The predicted octanol–water partition coefficient (Wildman–Crippen LogP) is 3.17. The number of hydrogen-bond donors (Lipinski definition) is 1. The number of nitriles is 1. The van der Waals surface area contributed by atoms with E-state index in [9.17, 15) is 10.4 Å². The van der Waals surface area contributed by atoms with Crippen LogP contribution in [0, 0.1) is 16.7 Å². The zero-order valence-corrected chi connectivity index (χ0v) is 11.4. The maximum absolute atomic E-state index is 10.4. The van der Waals surface area contributed by atoms with E-state index < -0.39 is 11.5 Å². The Morgan fingerprint density at radius 3 is 2.67 bits per heavy atom. The first-order chi connectivity index (χ1) is 8.73. The van der Waals surface area contributed by atoms with Crippen LogP contribution in [-0.4, -0.2) is 23.4 Å². The first-order valence-electron chi connectivity index (χ1n) is 7.47.